The highest BCUT2D eigenvalue weighted by atomic mass is 32.2. The van der Waals surface area contributed by atoms with Gasteiger partial charge in [-0.1, -0.05) is 45.1 Å². The van der Waals surface area contributed by atoms with Crippen LogP contribution >= 0.6 is 0 Å². The highest BCUT2D eigenvalue weighted by Gasteiger charge is 2.39. The lowest BCUT2D eigenvalue weighted by Gasteiger charge is -2.32. The first-order valence-electron chi connectivity index (χ1n) is 21.0. The van der Waals surface area contributed by atoms with Crippen molar-refractivity contribution in [3.8, 4) is 5.75 Å². The molecule has 4 atom stereocenters. The second-order valence-electron chi connectivity index (χ2n) is 17.1. The molecule has 18 heteroatoms. The molecule has 2 aromatic rings. The summed E-state index contributed by atoms with van der Waals surface area (Å²) < 4.78 is 49.7. The summed E-state index contributed by atoms with van der Waals surface area (Å²) in [7, 11) is -2.71. The van der Waals surface area contributed by atoms with E-state index in [0.29, 0.717) is 34.4 Å². The Labute approximate surface area is 371 Å². The molecule has 0 aromatic heterocycles. The van der Waals surface area contributed by atoms with Crippen molar-refractivity contribution in [2.24, 2.45) is 5.92 Å². The molecule has 0 bridgehead atoms. The summed E-state index contributed by atoms with van der Waals surface area (Å²) in [4.78, 5) is 69.4. The van der Waals surface area contributed by atoms with Crippen molar-refractivity contribution >= 4 is 45.5 Å². The number of likely N-dealkylation sites (N-methyl/N-ethyl adjacent to an activating group) is 1. The summed E-state index contributed by atoms with van der Waals surface area (Å²) >= 11 is 0. The van der Waals surface area contributed by atoms with Crippen LogP contribution in [0.4, 0.5) is 4.39 Å². The number of hydrogen-bond acceptors (Lipinski definition) is 9. The van der Waals surface area contributed by atoms with Gasteiger partial charge in [0.25, 0.3) is 10.0 Å². The lowest BCUT2D eigenvalue weighted by Crippen LogP contribution is -2.61. The van der Waals surface area contributed by atoms with Gasteiger partial charge in [-0.05, 0) is 102 Å². The van der Waals surface area contributed by atoms with Crippen LogP contribution in [0.25, 0.3) is 0 Å². The van der Waals surface area contributed by atoms with Crippen molar-refractivity contribution in [2.75, 3.05) is 20.1 Å². The molecule has 0 aliphatic carbocycles. The number of carbonyl (C=O) groups is 5. The fourth-order valence-corrected chi connectivity index (χ4v) is 8.72. The van der Waals surface area contributed by atoms with Crippen molar-refractivity contribution in [1.29, 1.82) is 5.41 Å². The number of carbonyl (C=O) groups excluding carboxylic acids is 5. The molecule has 0 unspecified atom stereocenters. The molecule has 0 fully saturated rings. The van der Waals surface area contributed by atoms with Gasteiger partial charge < -0.3 is 36.2 Å². The largest absolute Gasteiger partial charge is 0.487 e. The third-order valence-electron chi connectivity index (χ3n) is 10.9. The van der Waals surface area contributed by atoms with Crippen LogP contribution in [0.15, 0.2) is 54.5 Å². The van der Waals surface area contributed by atoms with E-state index in [1.54, 1.807) is 41.5 Å². The van der Waals surface area contributed by atoms with Crippen molar-refractivity contribution in [2.45, 2.75) is 129 Å². The number of ether oxygens (including phenoxy) is 1. The predicted octanol–water partition coefficient (Wildman–Crippen LogP) is 4.04. The molecule has 16 nitrogen and oxygen atoms in total. The summed E-state index contributed by atoms with van der Waals surface area (Å²) in [6.07, 6.45) is 3.60. The maximum atomic E-state index is 14.1. The minimum Gasteiger partial charge on any atom is -0.487 e. The van der Waals surface area contributed by atoms with Gasteiger partial charge in [0, 0.05) is 38.0 Å². The number of nitrogens with one attached hydrogen (secondary N) is 7. The molecular formula is C45H65FN8O8S. The fourth-order valence-electron chi connectivity index (χ4n) is 7.20. The van der Waals surface area contributed by atoms with Crippen LogP contribution in [-0.4, -0.2) is 92.2 Å². The van der Waals surface area contributed by atoms with E-state index < -0.39 is 86.5 Å². The summed E-state index contributed by atoms with van der Waals surface area (Å²) in [5.74, 6) is -3.99. The summed E-state index contributed by atoms with van der Waals surface area (Å²) in [6, 6.07) is 1.31. The van der Waals surface area contributed by atoms with Crippen molar-refractivity contribution in [3.63, 3.8) is 0 Å². The van der Waals surface area contributed by atoms with Crippen LogP contribution in [0, 0.1) is 37.9 Å². The van der Waals surface area contributed by atoms with Gasteiger partial charge in [-0.25, -0.2) is 17.5 Å². The van der Waals surface area contributed by atoms with E-state index in [2.05, 4.69) is 44.5 Å². The Morgan fingerprint density at radius 3 is 2.14 bits per heavy atom. The Bertz CT molecular complexity index is 2190. The molecule has 0 spiro atoms. The minimum atomic E-state index is -4.23. The van der Waals surface area contributed by atoms with Gasteiger partial charge in [-0.2, -0.15) is 0 Å². The van der Waals surface area contributed by atoms with Crippen molar-refractivity contribution in [3.05, 3.63) is 83.2 Å². The van der Waals surface area contributed by atoms with E-state index >= 15 is 0 Å². The summed E-state index contributed by atoms with van der Waals surface area (Å²) in [5.41, 5.74) is 0.801. The summed E-state index contributed by atoms with van der Waals surface area (Å²) in [6.45, 7) is 23.0. The van der Waals surface area contributed by atoms with Gasteiger partial charge in [0.15, 0.2) is 0 Å². The molecule has 346 valence electrons. The molecule has 3 rings (SSSR count). The maximum absolute atomic E-state index is 14.1. The molecule has 1 aliphatic heterocycles. The number of hydrogen-bond donors (Lipinski definition) is 7. The molecule has 0 saturated carbocycles. The maximum Gasteiger partial charge on any atom is 0.264 e. The molecule has 63 heavy (non-hydrogen) atoms. The Hall–Kier alpha value is -5.78. The van der Waals surface area contributed by atoms with E-state index in [9.17, 15) is 36.8 Å². The second kappa shape index (κ2) is 21.5. The number of nitrogens with zero attached hydrogens (tertiary/aromatic N) is 1. The summed E-state index contributed by atoms with van der Waals surface area (Å²) in [5, 5.41) is 22.0. The SMILES string of the molecule is C=CCN(C)C(=O)[C@H](NC(=O)[C@H](CC)NC(=O)[C@H](CCCNC(=N)NS(=O)(=O)c1c(C)c(C)c2c(c1C)CC(C)(C)O2)NC(=O)[C@@](C)(CC=C)NC(=O)C(C)C)c1ccc(F)cc1. The fraction of sp³-hybridized carbons (Fsp3) is 0.511. The van der Waals surface area contributed by atoms with Gasteiger partial charge in [0.1, 0.15) is 40.8 Å². The number of rotatable bonds is 21. The van der Waals surface area contributed by atoms with Crippen LogP contribution in [0.2, 0.25) is 0 Å². The molecule has 0 saturated heterocycles. The molecule has 1 heterocycles. The highest BCUT2D eigenvalue weighted by Crippen LogP contribution is 2.43. The van der Waals surface area contributed by atoms with Crippen molar-refractivity contribution in [1.82, 2.24) is 36.2 Å². The predicted molar refractivity (Wildman–Crippen MR) is 240 cm³/mol. The first-order chi connectivity index (χ1) is 29.3. The van der Waals surface area contributed by atoms with Crippen LogP contribution < -0.4 is 36.0 Å². The van der Waals surface area contributed by atoms with Gasteiger partial charge in [-0.3, -0.25) is 29.4 Å². The first kappa shape index (κ1) is 51.6. The average molecular weight is 897 g/mol. The Morgan fingerprint density at radius 2 is 1.57 bits per heavy atom. The molecule has 0 radical (unpaired) electrons. The lowest BCUT2D eigenvalue weighted by molar-refractivity contribution is -0.138. The first-order valence-corrected chi connectivity index (χ1v) is 22.4. The van der Waals surface area contributed by atoms with E-state index in [1.165, 1.54) is 43.2 Å². The van der Waals surface area contributed by atoms with Gasteiger partial charge in [-0.15, -0.1) is 13.2 Å². The zero-order valence-electron chi connectivity index (χ0n) is 38.1. The van der Waals surface area contributed by atoms with E-state index in [-0.39, 0.29) is 43.7 Å². The van der Waals surface area contributed by atoms with E-state index in [1.807, 2.05) is 13.8 Å². The van der Waals surface area contributed by atoms with Crippen LogP contribution in [0.5, 0.6) is 5.75 Å². The average Bonchev–Trinajstić information content (AvgIpc) is 3.54. The minimum absolute atomic E-state index is 0.0110. The number of fused-ring (bicyclic) bond motifs is 1. The third-order valence-corrected chi connectivity index (χ3v) is 12.5. The topological polar surface area (TPSA) is 228 Å². The standard InChI is InChI=1S/C45H65FN8O8S/c1-13-22-45(11,52-38(55)26(4)5)42(59)50-34(40(57)49-33(15-3)39(56)51-35(41(58)54(12)24-14-2)30-18-20-31(46)21-19-30)17-16-23-48-43(47)53-63(60,61)37-28(7)27(6)36-32(29(37)8)25-44(9,10)62-36/h13-14,18-21,26,33-35H,1-2,15-17,22-25H2,3-12H3,(H,49,57)(H,50,59)(H,51,56)(H,52,55)(H3,47,48,53)/t33-,34-,35+,45+/m0/s1. The second-order valence-corrected chi connectivity index (χ2v) is 18.7. The smallest absolute Gasteiger partial charge is 0.264 e. The zero-order chi connectivity index (χ0) is 47.6. The Morgan fingerprint density at radius 1 is 0.952 bits per heavy atom. The Kier molecular flexibility index (Phi) is 17.6. The Balaban J connectivity index is 1.83. The van der Waals surface area contributed by atoms with Gasteiger partial charge in [0.2, 0.25) is 35.5 Å². The number of halogens is 1. The molecule has 5 amide bonds. The van der Waals surface area contributed by atoms with Crippen LogP contribution in [0.1, 0.15) is 101 Å². The zero-order valence-corrected chi connectivity index (χ0v) is 39.0. The van der Waals surface area contributed by atoms with E-state index in [4.69, 9.17) is 10.1 Å². The van der Waals surface area contributed by atoms with Crippen molar-refractivity contribution < 1.29 is 41.5 Å². The highest BCUT2D eigenvalue weighted by molar-refractivity contribution is 7.90. The number of amides is 5. The number of sulfonamides is 1. The third kappa shape index (κ3) is 13.1. The van der Waals surface area contributed by atoms with Crippen LogP contribution in [0.3, 0.4) is 0 Å². The van der Waals surface area contributed by atoms with Crippen LogP contribution in [-0.2, 0) is 40.4 Å². The van der Waals surface area contributed by atoms with Gasteiger partial charge >= 0.3 is 0 Å². The molecular weight excluding hydrogens is 832 g/mol. The molecule has 7 N–H and O–H groups in total. The molecule has 2 aromatic carbocycles. The van der Waals surface area contributed by atoms with Gasteiger partial charge in [0.05, 0.1) is 4.90 Å². The van der Waals surface area contributed by atoms with E-state index in [0.717, 1.165) is 17.7 Å². The number of guanidine groups is 1. The lowest BCUT2D eigenvalue weighted by atomic mass is 9.94. The quantitative estimate of drug-likeness (QED) is 0.0415. The molecule has 1 aliphatic rings. The normalized spacial score (nSPS) is 15.2. The monoisotopic (exact) mass is 896 g/mol. The number of benzene rings is 2.